The van der Waals surface area contributed by atoms with Crippen LogP contribution in [0.4, 0.5) is 4.39 Å². The lowest BCUT2D eigenvalue weighted by Gasteiger charge is -2.07. The lowest BCUT2D eigenvalue weighted by molar-refractivity contribution is 0.554. The van der Waals surface area contributed by atoms with Crippen molar-refractivity contribution in [3.63, 3.8) is 0 Å². The molecule has 0 atom stereocenters. The first-order chi connectivity index (χ1) is 8.90. The van der Waals surface area contributed by atoms with Crippen LogP contribution in [0.15, 0.2) is 33.9 Å². The standard InChI is InChI=1S/C10H10BrFN4O2S/c1-16-6-13-15-10(16)5-14-19(17,18)9-3-2-7(11)4-8(9)12/h2-4,6,14H,5H2,1H3. The summed E-state index contributed by atoms with van der Waals surface area (Å²) < 4.78 is 41.8. The molecule has 0 fully saturated rings. The highest BCUT2D eigenvalue weighted by Crippen LogP contribution is 2.19. The lowest BCUT2D eigenvalue weighted by Crippen LogP contribution is -2.25. The second-order valence-electron chi connectivity index (χ2n) is 3.76. The number of nitrogens with one attached hydrogen (secondary N) is 1. The predicted octanol–water partition coefficient (Wildman–Crippen LogP) is 1.20. The molecule has 1 aromatic carbocycles. The number of rotatable bonds is 4. The van der Waals surface area contributed by atoms with E-state index in [1.54, 1.807) is 11.6 Å². The van der Waals surface area contributed by atoms with E-state index in [0.717, 1.165) is 6.07 Å². The maximum atomic E-state index is 13.6. The summed E-state index contributed by atoms with van der Waals surface area (Å²) in [6.45, 7) is -0.0612. The number of hydrogen-bond donors (Lipinski definition) is 1. The molecule has 0 saturated heterocycles. The van der Waals surface area contributed by atoms with Crippen molar-refractivity contribution in [2.75, 3.05) is 0 Å². The van der Waals surface area contributed by atoms with Crippen LogP contribution in [0.5, 0.6) is 0 Å². The summed E-state index contributed by atoms with van der Waals surface area (Å²) in [5.41, 5.74) is 0. The zero-order valence-electron chi connectivity index (χ0n) is 9.84. The van der Waals surface area contributed by atoms with Gasteiger partial charge in [0.15, 0.2) is 0 Å². The maximum absolute atomic E-state index is 13.6. The molecule has 0 aliphatic carbocycles. The molecule has 19 heavy (non-hydrogen) atoms. The van der Waals surface area contributed by atoms with Crippen LogP contribution < -0.4 is 4.72 Å². The van der Waals surface area contributed by atoms with Crippen molar-refractivity contribution in [1.82, 2.24) is 19.5 Å². The Morgan fingerprint density at radius 2 is 2.21 bits per heavy atom. The van der Waals surface area contributed by atoms with Crippen LogP contribution in [0.3, 0.4) is 0 Å². The number of hydrogen-bond acceptors (Lipinski definition) is 4. The minimum atomic E-state index is -3.93. The van der Waals surface area contributed by atoms with Gasteiger partial charge in [-0.25, -0.2) is 17.5 Å². The van der Waals surface area contributed by atoms with E-state index in [-0.39, 0.29) is 6.54 Å². The van der Waals surface area contributed by atoms with Gasteiger partial charge in [0, 0.05) is 11.5 Å². The van der Waals surface area contributed by atoms with Crippen LogP contribution in [-0.2, 0) is 23.6 Å². The molecule has 0 spiro atoms. The molecule has 0 saturated carbocycles. The van der Waals surface area contributed by atoms with Crippen LogP contribution in [-0.4, -0.2) is 23.2 Å². The fraction of sp³-hybridized carbons (Fsp3) is 0.200. The molecule has 6 nitrogen and oxygen atoms in total. The molecule has 9 heteroatoms. The molecular weight excluding hydrogens is 339 g/mol. The summed E-state index contributed by atoms with van der Waals surface area (Å²) in [4.78, 5) is -0.405. The van der Waals surface area contributed by atoms with E-state index in [2.05, 4.69) is 30.8 Å². The van der Waals surface area contributed by atoms with Crippen LogP contribution in [0.25, 0.3) is 0 Å². The number of aromatic nitrogens is 3. The van der Waals surface area contributed by atoms with Crippen molar-refractivity contribution >= 4 is 26.0 Å². The molecule has 0 amide bonds. The lowest BCUT2D eigenvalue weighted by atomic mass is 10.3. The maximum Gasteiger partial charge on any atom is 0.243 e. The number of sulfonamides is 1. The summed E-state index contributed by atoms with van der Waals surface area (Å²) >= 11 is 3.07. The van der Waals surface area contributed by atoms with Gasteiger partial charge in [-0.3, -0.25) is 0 Å². The van der Waals surface area contributed by atoms with E-state index in [1.807, 2.05) is 0 Å². The highest BCUT2D eigenvalue weighted by molar-refractivity contribution is 9.10. The highest BCUT2D eigenvalue weighted by Gasteiger charge is 2.19. The second-order valence-corrected chi connectivity index (χ2v) is 6.41. The third-order valence-corrected chi connectivity index (χ3v) is 4.34. The van der Waals surface area contributed by atoms with Gasteiger partial charge in [-0.1, -0.05) is 15.9 Å². The number of aryl methyl sites for hydroxylation is 1. The number of benzene rings is 1. The van der Waals surface area contributed by atoms with E-state index in [4.69, 9.17) is 0 Å². The van der Waals surface area contributed by atoms with Gasteiger partial charge in [-0.15, -0.1) is 10.2 Å². The van der Waals surface area contributed by atoms with Crippen molar-refractivity contribution in [1.29, 1.82) is 0 Å². The first-order valence-corrected chi connectivity index (χ1v) is 7.45. The largest absolute Gasteiger partial charge is 0.320 e. The number of halogens is 2. The van der Waals surface area contributed by atoms with Gasteiger partial charge >= 0.3 is 0 Å². The average Bonchev–Trinajstić information content (AvgIpc) is 2.72. The summed E-state index contributed by atoms with van der Waals surface area (Å²) in [7, 11) is -2.24. The molecule has 0 aliphatic rings. The van der Waals surface area contributed by atoms with Crippen LogP contribution >= 0.6 is 15.9 Å². The molecule has 1 heterocycles. The molecule has 0 radical (unpaired) electrons. The molecule has 1 N–H and O–H groups in total. The monoisotopic (exact) mass is 348 g/mol. The molecule has 2 aromatic rings. The van der Waals surface area contributed by atoms with Crippen LogP contribution in [0.2, 0.25) is 0 Å². The number of nitrogens with zero attached hydrogens (tertiary/aromatic N) is 3. The summed E-state index contributed by atoms with van der Waals surface area (Å²) in [6, 6.07) is 3.75. The zero-order valence-corrected chi connectivity index (χ0v) is 12.2. The molecule has 1 aromatic heterocycles. The van der Waals surface area contributed by atoms with E-state index >= 15 is 0 Å². The predicted molar refractivity (Wildman–Crippen MR) is 69.1 cm³/mol. The third kappa shape index (κ3) is 3.17. The average molecular weight is 349 g/mol. The van der Waals surface area contributed by atoms with E-state index < -0.39 is 20.7 Å². The van der Waals surface area contributed by atoms with E-state index in [1.165, 1.54) is 18.5 Å². The second kappa shape index (κ2) is 5.35. The summed E-state index contributed by atoms with van der Waals surface area (Å²) in [5, 5.41) is 7.36. The molecule has 2 rings (SSSR count). The third-order valence-electron chi connectivity index (χ3n) is 2.41. The van der Waals surface area contributed by atoms with Crippen molar-refractivity contribution in [2.24, 2.45) is 7.05 Å². The molecule has 0 bridgehead atoms. The van der Waals surface area contributed by atoms with Crippen molar-refractivity contribution in [3.8, 4) is 0 Å². The summed E-state index contributed by atoms with van der Waals surface area (Å²) in [6.07, 6.45) is 1.45. The minimum Gasteiger partial charge on any atom is -0.320 e. The molecule has 102 valence electrons. The Balaban J connectivity index is 2.21. The van der Waals surface area contributed by atoms with E-state index in [9.17, 15) is 12.8 Å². The Labute approximate surface area is 117 Å². The molecule has 0 unspecified atom stereocenters. The normalized spacial score (nSPS) is 11.7. The Morgan fingerprint density at radius 3 is 2.79 bits per heavy atom. The van der Waals surface area contributed by atoms with Gasteiger partial charge in [-0.2, -0.15) is 0 Å². The Bertz CT molecular complexity index is 701. The Kier molecular flexibility index (Phi) is 3.97. The minimum absolute atomic E-state index is 0.0612. The molecule has 0 aliphatic heterocycles. The fourth-order valence-electron chi connectivity index (χ4n) is 1.40. The topological polar surface area (TPSA) is 76.9 Å². The fourth-order valence-corrected chi connectivity index (χ4v) is 2.77. The van der Waals surface area contributed by atoms with Gasteiger partial charge in [-0.05, 0) is 18.2 Å². The van der Waals surface area contributed by atoms with Gasteiger partial charge in [0.1, 0.15) is 22.9 Å². The SMILES string of the molecule is Cn1cnnc1CNS(=O)(=O)c1ccc(Br)cc1F. The van der Waals surface area contributed by atoms with E-state index in [0.29, 0.717) is 10.3 Å². The van der Waals surface area contributed by atoms with Gasteiger partial charge < -0.3 is 4.57 Å². The van der Waals surface area contributed by atoms with Crippen LogP contribution in [0, 0.1) is 5.82 Å². The summed E-state index contributed by atoms with van der Waals surface area (Å²) in [5.74, 6) is -0.388. The Morgan fingerprint density at radius 1 is 1.47 bits per heavy atom. The Hall–Kier alpha value is -1.32. The van der Waals surface area contributed by atoms with Crippen molar-refractivity contribution in [2.45, 2.75) is 11.4 Å². The molecular formula is C10H10BrFN4O2S. The van der Waals surface area contributed by atoms with Gasteiger partial charge in [0.2, 0.25) is 10.0 Å². The first-order valence-electron chi connectivity index (χ1n) is 5.18. The highest BCUT2D eigenvalue weighted by atomic mass is 79.9. The van der Waals surface area contributed by atoms with Crippen molar-refractivity contribution in [3.05, 3.63) is 40.6 Å². The van der Waals surface area contributed by atoms with Crippen molar-refractivity contribution < 1.29 is 12.8 Å². The smallest absolute Gasteiger partial charge is 0.243 e. The van der Waals surface area contributed by atoms with Crippen LogP contribution in [0.1, 0.15) is 5.82 Å². The van der Waals surface area contributed by atoms with Gasteiger partial charge in [0.25, 0.3) is 0 Å². The first kappa shape index (κ1) is 14.1. The van der Waals surface area contributed by atoms with Gasteiger partial charge in [0.05, 0.1) is 6.54 Å². The quantitative estimate of drug-likeness (QED) is 0.900. The zero-order chi connectivity index (χ0) is 14.0.